The molecule has 3 N–H and O–H groups in total. The van der Waals surface area contributed by atoms with Gasteiger partial charge in [0.1, 0.15) is 0 Å². The molecule has 2 rings (SSSR count). The fourth-order valence-electron chi connectivity index (χ4n) is 3.06. The Kier molecular flexibility index (Phi) is 6.39. The van der Waals surface area contributed by atoms with Crippen molar-refractivity contribution in [1.29, 1.82) is 0 Å². The summed E-state index contributed by atoms with van der Waals surface area (Å²) in [5.74, 6) is -0.462. The normalized spacial score (nSPS) is 10.3. The van der Waals surface area contributed by atoms with Crippen LogP contribution in [0.3, 0.4) is 0 Å². The molecule has 0 atom stereocenters. The molecule has 5 nitrogen and oxygen atoms in total. The molecule has 0 fully saturated rings. The van der Waals surface area contributed by atoms with E-state index in [4.69, 9.17) is 0 Å². The van der Waals surface area contributed by atoms with E-state index < -0.39 is 0 Å². The molecule has 0 aliphatic carbocycles. The van der Waals surface area contributed by atoms with Crippen LogP contribution in [0.25, 0.3) is 0 Å². The Labute approximate surface area is 155 Å². The maximum atomic E-state index is 12.1. The lowest BCUT2D eigenvalue weighted by Crippen LogP contribution is -2.36. The molecule has 26 heavy (non-hydrogen) atoms. The predicted octanol–water partition coefficient (Wildman–Crippen LogP) is 3.40. The molecule has 0 saturated carbocycles. The van der Waals surface area contributed by atoms with E-state index in [2.05, 4.69) is 22.0 Å². The number of carbonyl (C=O) groups excluding carboxylic acids is 2. The first-order valence-corrected chi connectivity index (χ1v) is 8.71. The highest BCUT2D eigenvalue weighted by Crippen LogP contribution is 2.21. The van der Waals surface area contributed by atoms with E-state index in [0.29, 0.717) is 0 Å². The number of hydrogen-bond acceptors (Lipinski definition) is 3. The average Bonchev–Trinajstić information content (AvgIpc) is 2.53. The topological polar surface area (TPSA) is 70.2 Å². The summed E-state index contributed by atoms with van der Waals surface area (Å²) in [4.78, 5) is 24.1. The van der Waals surface area contributed by atoms with Crippen LogP contribution in [0.2, 0.25) is 0 Å². The summed E-state index contributed by atoms with van der Waals surface area (Å²) >= 11 is 0. The number of carbonyl (C=O) groups is 2. The molecule has 0 radical (unpaired) electrons. The van der Waals surface area contributed by atoms with Crippen LogP contribution in [0.4, 0.5) is 11.4 Å². The number of anilines is 2. The first-order valence-electron chi connectivity index (χ1n) is 8.71. The SMILES string of the molecule is Cc1cc(C)cc(NCC(=O)NCC(=O)Nc2c(C)cc(C)cc2C)c1. The molecule has 0 heterocycles. The van der Waals surface area contributed by atoms with Gasteiger partial charge in [0.15, 0.2) is 0 Å². The number of aryl methyl sites for hydroxylation is 5. The molecule has 2 aromatic carbocycles. The molecular formula is C21H27N3O2. The van der Waals surface area contributed by atoms with Crippen LogP contribution in [0.15, 0.2) is 30.3 Å². The van der Waals surface area contributed by atoms with Gasteiger partial charge in [-0.3, -0.25) is 9.59 Å². The Morgan fingerprint density at radius 3 is 1.85 bits per heavy atom. The van der Waals surface area contributed by atoms with E-state index in [1.54, 1.807) is 0 Å². The summed E-state index contributed by atoms with van der Waals surface area (Å²) in [6.45, 7) is 10.0. The summed E-state index contributed by atoms with van der Waals surface area (Å²) in [5, 5.41) is 8.59. The van der Waals surface area contributed by atoms with Gasteiger partial charge in [-0.15, -0.1) is 0 Å². The molecule has 2 aromatic rings. The molecular weight excluding hydrogens is 326 g/mol. The van der Waals surface area contributed by atoms with Crippen LogP contribution in [-0.2, 0) is 9.59 Å². The standard InChI is InChI=1S/C21H27N3O2/c1-13-6-14(2)10-18(9-13)22-11-19(25)23-12-20(26)24-21-16(4)7-15(3)8-17(21)5/h6-10,22H,11-12H2,1-5H3,(H,23,25)(H,24,26). The third kappa shape index (κ3) is 5.62. The number of benzene rings is 2. The summed E-state index contributed by atoms with van der Waals surface area (Å²) in [5.41, 5.74) is 7.16. The van der Waals surface area contributed by atoms with Gasteiger partial charge in [0.05, 0.1) is 13.1 Å². The van der Waals surface area contributed by atoms with Gasteiger partial charge >= 0.3 is 0 Å². The van der Waals surface area contributed by atoms with Crippen molar-refractivity contribution in [2.75, 3.05) is 23.7 Å². The second kappa shape index (κ2) is 8.52. The fourth-order valence-corrected chi connectivity index (χ4v) is 3.06. The fraction of sp³-hybridized carbons (Fsp3) is 0.333. The number of nitrogens with one attached hydrogen (secondary N) is 3. The van der Waals surface area contributed by atoms with Crippen LogP contribution in [0, 0.1) is 34.6 Å². The van der Waals surface area contributed by atoms with E-state index in [0.717, 1.165) is 39.2 Å². The van der Waals surface area contributed by atoms with Crippen molar-refractivity contribution in [3.8, 4) is 0 Å². The highest BCUT2D eigenvalue weighted by Gasteiger charge is 2.10. The average molecular weight is 353 g/mol. The Morgan fingerprint density at radius 1 is 0.731 bits per heavy atom. The molecule has 0 bridgehead atoms. The van der Waals surface area contributed by atoms with Crippen LogP contribution in [-0.4, -0.2) is 24.9 Å². The first-order chi connectivity index (χ1) is 12.2. The molecule has 0 aliphatic rings. The van der Waals surface area contributed by atoms with Gasteiger partial charge in [-0.1, -0.05) is 23.8 Å². The molecule has 0 aromatic heterocycles. The van der Waals surface area contributed by atoms with Crippen molar-refractivity contribution in [3.63, 3.8) is 0 Å². The summed E-state index contributed by atoms with van der Waals surface area (Å²) in [7, 11) is 0. The van der Waals surface area contributed by atoms with Gasteiger partial charge in [-0.05, 0) is 69.0 Å². The lowest BCUT2D eigenvalue weighted by molar-refractivity contribution is -0.122. The Morgan fingerprint density at radius 2 is 1.27 bits per heavy atom. The van der Waals surface area contributed by atoms with Crippen molar-refractivity contribution < 1.29 is 9.59 Å². The largest absolute Gasteiger partial charge is 0.376 e. The Balaban J connectivity index is 1.82. The second-order valence-corrected chi connectivity index (χ2v) is 6.83. The Hall–Kier alpha value is -2.82. The highest BCUT2D eigenvalue weighted by molar-refractivity contribution is 5.96. The molecule has 5 heteroatoms. The predicted molar refractivity (Wildman–Crippen MR) is 107 cm³/mol. The van der Waals surface area contributed by atoms with Gasteiger partial charge in [-0.25, -0.2) is 0 Å². The van der Waals surface area contributed by atoms with Crippen LogP contribution in [0.1, 0.15) is 27.8 Å². The lowest BCUT2D eigenvalue weighted by atomic mass is 10.1. The minimum atomic E-state index is -0.236. The van der Waals surface area contributed by atoms with Gasteiger partial charge in [0.25, 0.3) is 0 Å². The monoisotopic (exact) mass is 353 g/mol. The zero-order valence-electron chi connectivity index (χ0n) is 16.1. The van der Waals surface area contributed by atoms with E-state index >= 15 is 0 Å². The van der Waals surface area contributed by atoms with Gasteiger partial charge in [0.2, 0.25) is 11.8 Å². The van der Waals surface area contributed by atoms with Crippen molar-refractivity contribution in [1.82, 2.24) is 5.32 Å². The molecule has 2 amide bonds. The van der Waals surface area contributed by atoms with Crippen LogP contribution < -0.4 is 16.0 Å². The first kappa shape index (κ1) is 19.5. The van der Waals surface area contributed by atoms with Gasteiger partial charge in [-0.2, -0.15) is 0 Å². The summed E-state index contributed by atoms with van der Waals surface area (Å²) in [6.07, 6.45) is 0. The van der Waals surface area contributed by atoms with Crippen LogP contribution in [0.5, 0.6) is 0 Å². The number of hydrogen-bond donors (Lipinski definition) is 3. The smallest absolute Gasteiger partial charge is 0.243 e. The van der Waals surface area contributed by atoms with Crippen molar-refractivity contribution in [2.45, 2.75) is 34.6 Å². The van der Waals surface area contributed by atoms with E-state index in [-0.39, 0.29) is 24.9 Å². The minimum absolute atomic E-state index is 0.0554. The summed E-state index contributed by atoms with van der Waals surface area (Å²) < 4.78 is 0. The molecule has 0 aliphatic heterocycles. The number of amides is 2. The molecule has 0 saturated heterocycles. The van der Waals surface area contributed by atoms with Crippen molar-refractivity contribution in [3.05, 3.63) is 58.1 Å². The quantitative estimate of drug-likeness (QED) is 0.745. The zero-order chi connectivity index (χ0) is 19.3. The molecule has 0 spiro atoms. The third-order valence-electron chi connectivity index (χ3n) is 4.06. The maximum absolute atomic E-state index is 12.1. The molecule has 0 unspecified atom stereocenters. The van der Waals surface area contributed by atoms with Gasteiger partial charge in [0, 0.05) is 11.4 Å². The van der Waals surface area contributed by atoms with Gasteiger partial charge < -0.3 is 16.0 Å². The number of rotatable bonds is 6. The van der Waals surface area contributed by atoms with E-state index in [1.807, 2.05) is 58.9 Å². The minimum Gasteiger partial charge on any atom is -0.376 e. The van der Waals surface area contributed by atoms with Crippen molar-refractivity contribution in [2.24, 2.45) is 0 Å². The van der Waals surface area contributed by atoms with E-state index in [9.17, 15) is 9.59 Å². The zero-order valence-corrected chi connectivity index (χ0v) is 16.1. The van der Waals surface area contributed by atoms with E-state index in [1.165, 1.54) is 0 Å². The third-order valence-corrected chi connectivity index (χ3v) is 4.06. The van der Waals surface area contributed by atoms with Crippen molar-refractivity contribution >= 4 is 23.2 Å². The van der Waals surface area contributed by atoms with Crippen LogP contribution >= 0.6 is 0 Å². The summed E-state index contributed by atoms with van der Waals surface area (Å²) in [6, 6.07) is 10.1. The second-order valence-electron chi connectivity index (χ2n) is 6.83. The maximum Gasteiger partial charge on any atom is 0.243 e. The lowest BCUT2D eigenvalue weighted by Gasteiger charge is -2.13. The Bertz CT molecular complexity index is 785. The molecule has 138 valence electrons. The highest BCUT2D eigenvalue weighted by atomic mass is 16.2.